The average molecular weight is 310 g/mol. The van der Waals surface area contributed by atoms with E-state index in [0.29, 0.717) is 17.0 Å². The zero-order valence-electron chi connectivity index (χ0n) is 9.91. The van der Waals surface area contributed by atoms with E-state index >= 15 is 0 Å². The first kappa shape index (κ1) is 12.9. The minimum Gasteiger partial charge on any atom is -0.489 e. The predicted molar refractivity (Wildman–Crippen MR) is 74.0 cm³/mol. The fourth-order valence-corrected chi connectivity index (χ4v) is 2.05. The van der Waals surface area contributed by atoms with Crippen molar-refractivity contribution in [1.82, 2.24) is 0 Å². The van der Waals surface area contributed by atoms with Gasteiger partial charge in [-0.3, -0.25) is 0 Å². The van der Waals surface area contributed by atoms with E-state index in [9.17, 15) is 4.39 Å². The van der Waals surface area contributed by atoms with Crippen LogP contribution in [0.5, 0.6) is 5.75 Å². The van der Waals surface area contributed by atoms with Crippen molar-refractivity contribution >= 4 is 21.6 Å². The van der Waals surface area contributed by atoms with E-state index in [1.165, 1.54) is 6.07 Å². The van der Waals surface area contributed by atoms with Crippen LogP contribution in [0.25, 0.3) is 0 Å². The standard InChI is InChI=1S/C14H13BrFNO/c1-9-6-12(17)3-5-14(9)18-8-10-7-11(15)2-4-13(10)16/h2-7H,8,17H2,1H3. The molecule has 0 aliphatic rings. The lowest BCUT2D eigenvalue weighted by Crippen LogP contribution is -2.00. The summed E-state index contributed by atoms with van der Waals surface area (Å²) in [6.07, 6.45) is 0. The Balaban J connectivity index is 2.13. The van der Waals surface area contributed by atoms with Gasteiger partial charge in [-0.15, -0.1) is 0 Å². The van der Waals surface area contributed by atoms with Crippen molar-refractivity contribution in [1.29, 1.82) is 0 Å². The molecule has 0 spiro atoms. The SMILES string of the molecule is Cc1cc(N)ccc1OCc1cc(Br)ccc1F. The largest absolute Gasteiger partial charge is 0.489 e. The fraction of sp³-hybridized carbons (Fsp3) is 0.143. The van der Waals surface area contributed by atoms with Gasteiger partial charge in [0.05, 0.1) is 0 Å². The van der Waals surface area contributed by atoms with Crippen LogP contribution in [-0.2, 0) is 6.61 Å². The third-order valence-corrected chi connectivity index (χ3v) is 3.08. The van der Waals surface area contributed by atoms with E-state index in [4.69, 9.17) is 10.5 Å². The molecule has 0 aliphatic heterocycles. The smallest absolute Gasteiger partial charge is 0.129 e. The molecule has 2 N–H and O–H groups in total. The molecule has 0 atom stereocenters. The van der Waals surface area contributed by atoms with Gasteiger partial charge < -0.3 is 10.5 Å². The van der Waals surface area contributed by atoms with Crippen molar-refractivity contribution in [3.05, 3.63) is 57.8 Å². The molecule has 0 aromatic heterocycles. The van der Waals surface area contributed by atoms with Crippen molar-refractivity contribution in [3.8, 4) is 5.75 Å². The molecule has 0 bridgehead atoms. The lowest BCUT2D eigenvalue weighted by Gasteiger charge is -2.10. The van der Waals surface area contributed by atoms with E-state index in [2.05, 4.69) is 15.9 Å². The Hall–Kier alpha value is -1.55. The Morgan fingerprint density at radius 3 is 2.72 bits per heavy atom. The van der Waals surface area contributed by atoms with Gasteiger partial charge in [-0.25, -0.2) is 4.39 Å². The van der Waals surface area contributed by atoms with Crippen LogP contribution in [0.15, 0.2) is 40.9 Å². The lowest BCUT2D eigenvalue weighted by atomic mass is 10.2. The van der Waals surface area contributed by atoms with Crippen LogP contribution >= 0.6 is 15.9 Å². The van der Waals surface area contributed by atoms with Crippen LogP contribution in [-0.4, -0.2) is 0 Å². The van der Waals surface area contributed by atoms with E-state index in [-0.39, 0.29) is 12.4 Å². The summed E-state index contributed by atoms with van der Waals surface area (Å²) in [5, 5.41) is 0. The maximum absolute atomic E-state index is 13.5. The summed E-state index contributed by atoms with van der Waals surface area (Å²) in [6, 6.07) is 10.2. The zero-order chi connectivity index (χ0) is 13.1. The van der Waals surface area contributed by atoms with Crippen LogP contribution in [0.1, 0.15) is 11.1 Å². The Kier molecular flexibility index (Phi) is 3.87. The van der Waals surface area contributed by atoms with Gasteiger partial charge in [0.15, 0.2) is 0 Å². The molecule has 2 nitrogen and oxygen atoms in total. The van der Waals surface area contributed by atoms with Gasteiger partial charge in [0, 0.05) is 15.7 Å². The number of rotatable bonds is 3. The maximum atomic E-state index is 13.5. The van der Waals surface area contributed by atoms with Gasteiger partial charge in [-0.2, -0.15) is 0 Å². The first-order valence-corrected chi connectivity index (χ1v) is 6.28. The third-order valence-electron chi connectivity index (χ3n) is 2.59. The number of hydrogen-bond donors (Lipinski definition) is 1. The van der Waals surface area contributed by atoms with Crippen LogP contribution in [0, 0.1) is 12.7 Å². The van der Waals surface area contributed by atoms with E-state index in [1.807, 2.05) is 13.0 Å². The van der Waals surface area contributed by atoms with Crippen molar-refractivity contribution in [3.63, 3.8) is 0 Å². The number of anilines is 1. The van der Waals surface area contributed by atoms with Gasteiger partial charge in [-0.1, -0.05) is 15.9 Å². The number of nitrogen functional groups attached to an aromatic ring is 1. The van der Waals surface area contributed by atoms with Gasteiger partial charge in [0.2, 0.25) is 0 Å². The van der Waals surface area contributed by atoms with Crippen molar-refractivity contribution in [2.24, 2.45) is 0 Å². The van der Waals surface area contributed by atoms with Crippen molar-refractivity contribution < 1.29 is 9.13 Å². The summed E-state index contributed by atoms with van der Waals surface area (Å²) < 4.78 is 19.9. The predicted octanol–water partition coefficient (Wildman–Crippen LogP) is 4.06. The minimum atomic E-state index is -0.272. The van der Waals surface area contributed by atoms with Crippen LogP contribution in [0.2, 0.25) is 0 Å². The summed E-state index contributed by atoms with van der Waals surface area (Å²) in [6.45, 7) is 2.10. The Morgan fingerprint density at radius 2 is 2.00 bits per heavy atom. The topological polar surface area (TPSA) is 35.2 Å². The average Bonchev–Trinajstić information content (AvgIpc) is 2.32. The van der Waals surface area contributed by atoms with E-state index in [1.54, 1.807) is 24.3 Å². The molecule has 0 saturated carbocycles. The molecule has 0 amide bonds. The second-order valence-corrected chi connectivity index (χ2v) is 4.97. The molecule has 0 heterocycles. The summed E-state index contributed by atoms with van der Waals surface area (Å²) in [4.78, 5) is 0. The van der Waals surface area contributed by atoms with E-state index in [0.717, 1.165) is 10.0 Å². The molecule has 0 unspecified atom stereocenters. The summed E-state index contributed by atoms with van der Waals surface area (Å²) in [7, 11) is 0. The molecular weight excluding hydrogens is 297 g/mol. The molecule has 18 heavy (non-hydrogen) atoms. The molecule has 0 aliphatic carbocycles. The van der Waals surface area contributed by atoms with Crippen LogP contribution in [0.4, 0.5) is 10.1 Å². The second kappa shape index (κ2) is 5.40. The third kappa shape index (κ3) is 3.01. The lowest BCUT2D eigenvalue weighted by molar-refractivity contribution is 0.298. The number of hydrogen-bond acceptors (Lipinski definition) is 2. The minimum absolute atomic E-state index is 0.191. The molecule has 4 heteroatoms. The Labute approximate surface area is 114 Å². The molecule has 0 saturated heterocycles. The molecule has 0 fully saturated rings. The first-order chi connectivity index (χ1) is 8.56. The van der Waals surface area contributed by atoms with Crippen molar-refractivity contribution in [2.75, 3.05) is 5.73 Å². The maximum Gasteiger partial charge on any atom is 0.129 e. The highest BCUT2D eigenvalue weighted by molar-refractivity contribution is 9.10. The normalized spacial score (nSPS) is 10.4. The van der Waals surface area contributed by atoms with Gasteiger partial charge in [0.25, 0.3) is 0 Å². The highest BCUT2D eigenvalue weighted by atomic mass is 79.9. The monoisotopic (exact) mass is 309 g/mol. The quantitative estimate of drug-likeness (QED) is 0.868. The van der Waals surface area contributed by atoms with Gasteiger partial charge in [0.1, 0.15) is 18.2 Å². The van der Waals surface area contributed by atoms with Gasteiger partial charge >= 0.3 is 0 Å². The second-order valence-electron chi connectivity index (χ2n) is 4.05. The number of aryl methyl sites for hydroxylation is 1. The van der Waals surface area contributed by atoms with Crippen molar-refractivity contribution in [2.45, 2.75) is 13.5 Å². The number of nitrogens with two attached hydrogens (primary N) is 1. The fourth-order valence-electron chi connectivity index (χ4n) is 1.64. The van der Waals surface area contributed by atoms with Crippen LogP contribution in [0.3, 0.4) is 0 Å². The van der Waals surface area contributed by atoms with Gasteiger partial charge in [-0.05, 0) is 48.9 Å². The zero-order valence-corrected chi connectivity index (χ0v) is 11.5. The summed E-state index contributed by atoms with van der Waals surface area (Å²) in [5.41, 5.74) is 7.80. The van der Waals surface area contributed by atoms with E-state index < -0.39 is 0 Å². The highest BCUT2D eigenvalue weighted by Gasteiger charge is 2.05. The molecular formula is C14H13BrFNO. The molecule has 2 aromatic carbocycles. The van der Waals surface area contributed by atoms with Crippen LogP contribution < -0.4 is 10.5 Å². The number of benzene rings is 2. The molecule has 0 radical (unpaired) electrons. The highest BCUT2D eigenvalue weighted by Crippen LogP contribution is 2.22. The Morgan fingerprint density at radius 1 is 1.22 bits per heavy atom. The number of halogens is 2. The summed E-state index contributed by atoms with van der Waals surface area (Å²) in [5.74, 6) is 0.440. The molecule has 94 valence electrons. The Bertz CT molecular complexity index is 572. The summed E-state index contributed by atoms with van der Waals surface area (Å²) >= 11 is 3.31. The molecule has 2 rings (SSSR count). The number of ether oxygens (including phenoxy) is 1. The first-order valence-electron chi connectivity index (χ1n) is 5.49. The molecule has 2 aromatic rings.